The van der Waals surface area contributed by atoms with Crippen LogP contribution in [0, 0.1) is 0 Å². The van der Waals surface area contributed by atoms with Crippen molar-refractivity contribution >= 4 is 51.5 Å². The number of benzene rings is 2. The smallest absolute Gasteiger partial charge is 0.343 e. The van der Waals surface area contributed by atoms with E-state index < -0.39 is 11.7 Å². The van der Waals surface area contributed by atoms with Crippen LogP contribution in [0.1, 0.15) is 23.1 Å². The van der Waals surface area contributed by atoms with Gasteiger partial charge >= 0.3 is 6.18 Å². The summed E-state index contributed by atoms with van der Waals surface area (Å²) >= 11 is 6.75. The minimum atomic E-state index is -4.51. The van der Waals surface area contributed by atoms with E-state index in [0.29, 0.717) is 11.4 Å². The number of likely N-dealkylation sites (N-methyl/N-ethyl adjacent to an activating group) is 1. The fraction of sp³-hybridized carbons (Fsp3) is 0.357. The van der Waals surface area contributed by atoms with E-state index in [-0.39, 0.29) is 28.3 Å². The molecule has 11 heteroatoms. The number of hydrogen-bond acceptors (Lipinski definition) is 5. The predicted octanol–water partition coefficient (Wildman–Crippen LogP) is 6.04. The van der Waals surface area contributed by atoms with Gasteiger partial charge in [0, 0.05) is 61.4 Å². The third-order valence-electron chi connectivity index (χ3n) is 7.14. The van der Waals surface area contributed by atoms with Crippen LogP contribution >= 0.6 is 23.4 Å². The van der Waals surface area contributed by atoms with Crippen LogP contribution < -0.4 is 0 Å². The molecule has 3 heterocycles. The van der Waals surface area contributed by atoms with Gasteiger partial charge in [-0.2, -0.15) is 13.2 Å². The summed E-state index contributed by atoms with van der Waals surface area (Å²) in [5, 5.41) is 0.588. The first-order chi connectivity index (χ1) is 18.6. The number of piperazine rings is 1. The molecule has 3 aromatic rings. The first-order valence-electron chi connectivity index (χ1n) is 12.7. The topological polar surface area (TPSA) is 48.8 Å². The quantitative estimate of drug-likeness (QED) is 0.321. The van der Waals surface area contributed by atoms with Gasteiger partial charge in [0.15, 0.2) is 0 Å². The molecule has 0 spiro atoms. The molecule has 2 amide bonds. The average molecular weight is 577 g/mol. The van der Waals surface area contributed by atoms with E-state index in [1.165, 1.54) is 17.0 Å². The van der Waals surface area contributed by atoms with E-state index in [1.807, 2.05) is 18.2 Å². The summed E-state index contributed by atoms with van der Waals surface area (Å²) in [6.07, 6.45) is -0.345. The van der Waals surface area contributed by atoms with E-state index >= 15 is 0 Å². The number of rotatable bonds is 7. The average Bonchev–Trinajstić information content (AvgIpc) is 3.40. The Labute approximate surface area is 234 Å². The number of amides is 2. The fourth-order valence-electron chi connectivity index (χ4n) is 4.95. The zero-order chi connectivity index (χ0) is 27.7. The molecule has 2 aliphatic rings. The normalized spacial score (nSPS) is 18.7. The second kappa shape index (κ2) is 11.4. The van der Waals surface area contributed by atoms with E-state index in [2.05, 4.69) is 16.8 Å². The molecule has 0 unspecified atom stereocenters. The molecule has 39 heavy (non-hydrogen) atoms. The lowest BCUT2D eigenvalue weighted by Gasteiger charge is -2.32. The van der Waals surface area contributed by atoms with Gasteiger partial charge < -0.3 is 14.4 Å². The van der Waals surface area contributed by atoms with E-state index in [9.17, 15) is 22.8 Å². The molecule has 2 saturated heterocycles. The maximum atomic E-state index is 13.5. The van der Waals surface area contributed by atoms with Gasteiger partial charge in [0.1, 0.15) is 0 Å². The van der Waals surface area contributed by atoms with Gasteiger partial charge in [0.2, 0.25) is 0 Å². The van der Waals surface area contributed by atoms with Crippen molar-refractivity contribution in [1.82, 2.24) is 19.3 Å². The minimum absolute atomic E-state index is 0.0296. The summed E-state index contributed by atoms with van der Waals surface area (Å²) in [4.78, 5) is 31.8. The number of imide groups is 1. The van der Waals surface area contributed by atoms with Crippen molar-refractivity contribution in [3.63, 3.8) is 0 Å². The SMILES string of the molecule is CN1CCN(CCCN2C(=O)S/C(=C\c3ccc4c(ccn4Cc4ccc(Cl)cc4C(F)(F)F)c3)C2=O)CC1. The fourth-order valence-corrected chi connectivity index (χ4v) is 5.99. The summed E-state index contributed by atoms with van der Waals surface area (Å²) in [6, 6.07) is 11.1. The Bertz CT molecular complexity index is 1430. The van der Waals surface area contributed by atoms with E-state index in [1.54, 1.807) is 22.9 Å². The molecule has 6 nitrogen and oxygen atoms in total. The molecular formula is C28H28ClF3N4O2S. The highest BCUT2D eigenvalue weighted by Gasteiger charge is 2.35. The lowest BCUT2D eigenvalue weighted by atomic mass is 10.1. The molecule has 0 atom stereocenters. The van der Waals surface area contributed by atoms with Gasteiger partial charge in [-0.05, 0) is 79.3 Å². The van der Waals surface area contributed by atoms with Crippen molar-refractivity contribution in [2.24, 2.45) is 0 Å². The molecule has 206 valence electrons. The monoisotopic (exact) mass is 576 g/mol. The zero-order valence-electron chi connectivity index (χ0n) is 21.4. The standard InChI is InChI=1S/C28H28ClF3N4O2S/c1-33-11-13-34(14-12-33)8-2-9-36-26(37)25(39-27(36)38)16-19-3-6-24-20(15-19)7-10-35(24)18-21-4-5-22(29)17-23(21)28(30,31)32/h3-7,10,15-17H,2,8-9,11-14,18H2,1H3/b25-16-. The summed E-state index contributed by atoms with van der Waals surface area (Å²) in [5.74, 6) is -0.288. The van der Waals surface area contributed by atoms with Crippen molar-refractivity contribution in [1.29, 1.82) is 0 Å². The molecule has 0 aliphatic carbocycles. The number of aromatic nitrogens is 1. The molecule has 1 aromatic heterocycles. The van der Waals surface area contributed by atoms with Crippen molar-refractivity contribution in [2.45, 2.75) is 19.1 Å². The maximum Gasteiger partial charge on any atom is 0.416 e. The lowest BCUT2D eigenvalue weighted by Crippen LogP contribution is -2.45. The third kappa shape index (κ3) is 6.35. The number of alkyl halides is 3. The number of carbonyl (C=O) groups excluding carboxylic acids is 2. The van der Waals surface area contributed by atoms with Gasteiger partial charge in [-0.25, -0.2) is 0 Å². The predicted molar refractivity (Wildman–Crippen MR) is 149 cm³/mol. The van der Waals surface area contributed by atoms with Crippen LogP contribution in [0.5, 0.6) is 0 Å². The largest absolute Gasteiger partial charge is 0.416 e. The van der Waals surface area contributed by atoms with E-state index in [0.717, 1.165) is 73.4 Å². The van der Waals surface area contributed by atoms with Gasteiger partial charge in [-0.3, -0.25) is 14.5 Å². The van der Waals surface area contributed by atoms with Crippen LogP contribution in [-0.2, 0) is 17.5 Å². The van der Waals surface area contributed by atoms with Crippen LogP contribution in [0.25, 0.3) is 17.0 Å². The third-order valence-corrected chi connectivity index (χ3v) is 8.28. The molecule has 5 rings (SSSR count). The summed E-state index contributed by atoms with van der Waals surface area (Å²) in [5.41, 5.74) is 0.861. The Kier molecular flexibility index (Phi) is 8.09. The summed E-state index contributed by atoms with van der Waals surface area (Å²) in [6.45, 7) is 5.30. The summed E-state index contributed by atoms with van der Waals surface area (Å²) in [7, 11) is 2.10. The Morgan fingerprint density at radius 1 is 1.00 bits per heavy atom. The van der Waals surface area contributed by atoms with Crippen molar-refractivity contribution in [2.75, 3.05) is 46.3 Å². The highest BCUT2D eigenvalue weighted by molar-refractivity contribution is 8.18. The molecule has 2 fully saturated rings. The van der Waals surface area contributed by atoms with Crippen LogP contribution in [0.15, 0.2) is 53.6 Å². The van der Waals surface area contributed by atoms with Crippen LogP contribution in [-0.4, -0.2) is 76.7 Å². The molecule has 0 saturated carbocycles. The van der Waals surface area contributed by atoms with Gasteiger partial charge in [0.05, 0.1) is 10.5 Å². The summed E-state index contributed by atoms with van der Waals surface area (Å²) < 4.78 is 42.4. The van der Waals surface area contributed by atoms with Crippen LogP contribution in [0.3, 0.4) is 0 Å². The highest BCUT2D eigenvalue weighted by atomic mass is 35.5. The Hall–Kier alpha value is -2.79. The Morgan fingerprint density at radius 2 is 1.77 bits per heavy atom. The zero-order valence-corrected chi connectivity index (χ0v) is 23.0. The second-order valence-electron chi connectivity index (χ2n) is 9.89. The molecule has 2 aromatic carbocycles. The lowest BCUT2D eigenvalue weighted by molar-refractivity contribution is -0.138. The highest BCUT2D eigenvalue weighted by Crippen LogP contribution is 2.35. The number of nitrogens with zero attached hydrogens (tertiary/aromatic N) is 4. The number of hydrogen-bond donors (Lipinski definition) is 0. The second-order valence-corrected chi connectivity index (χ2v) is 11.3. The molecule has 0 N–H and O–H groups in total. The Morgan fingerprint density at radius 3 is 2.51 bits per heavy atom. The van der Waals surface area contributed by atoms with Crippen LogP contribution in [0.4, 0.5) is 18.0 Å². The number of carbonyl (C=O) groups is 2. The molecule has 2 aliphatic heterocycles. The number of halogens is 4. The molecule has 0 bridgehead atoms. The van der Waals surface area contributed by atoms with Crippen molar-refractivity contribution in [3.8, 4) is 0 Å². The first-order valence-corrected chi connectivity index (χ1v) is 13.9. The van der Waals surface area contributed by atoms with Gasteiger partial charge in [-0.1, -0.05) is 23.7 Å². The van der Waals surface area contributed by atoms with Crippen molar-refractivity contribution < 1.29 is 22.8 Å². The molecular weight excluding hydrogens is 549 g/mol. The van der Waals surface area contributed by atoms with Crippen LogP contribution in [0.2, 0.25) is 5.02 Å². The molecule has 0 radical (unpaired) electrons. The van der Waals surface area contributed by atoms with Gasteiger partial charge in [-0.15, -0.1) is 0 Å². The first kappa shape index (κ1) is 27.8. The minimum Gasteiger partial charge on any atom is -0.343 e. The number of fused-ring (bicyclic) bond motifs is 1. The maximum absolute atomic E-state index is 13.5. The van der Waals surface area contributed by atoms with Gasteiger partial charge in [0.25, 0.3) is 11.1 Å². The Balaban J connectivity index is 1.27. The number of thioether (sulfide) groups is 1. The van der Waals surface area contributed by atoms with E-state index in [4.69, 9.17) is 11.6 Å². The van der Waals surface area contributed by atoms with Crippen molar-refractivity contribution in [3.05, 3.63) is 75.3 Å².